The van der Waals surface area contributed by atoms with E-state index in [1.165, 1.54) is 11.8 Å². The van der Waals surface area contributed by atoms with E-state index >= 15 is 0 Å². The Morgan fingerprint density at radius 2 is 2.17 bits per heavy atom. The molecule has 8 nitrogen and oxygen atoms in total. The lowest BCUT2D eigenvalue weighted by molar-refractivity contribution is -0.118. The Morgan fingerprint density at radius 3 is 2.90 bits per heavy atom. The van der Waals surface area contributed by atoms with Crippen molar-refractivity contribution >= 4 is 23.5 Å². The number of hydrogen-bond donors (Lipinski definition) is 1. The maximum atomic E-state index is 12.3. The van der Waals surface area contributed by atoms with E-state index in [9.17, 15) is 10.1 Å². The lowest BCUT2D eigenvalue weighted by Crippen LogP contribution is -2.39. The Morgan fingerprint density at radius 1 is 1.33 bits per heavy atom. The summed E-state index contributed by atoms with van der Waals surface area (Å²) in [6.45, 7) is 4.93. The minimum absolute atomic E-state index is 0.118. The van der Waals surface area contributed by atoms with Gasteiger partial charge in [0.25, 0.3) is 0 Å². The number of anilines is 1. The highest BCUT2D eigenvalue weighted by atomic mass is 32.2. The Balaban J connectivity index is 1.55. The Kier molecular flexibility index (Phi) is 6.57. The summed E-state index contributed by atoms with van der Waals surface area (Å²) in [7, 11) is 2.09. The van der Waals surface area contributed by atoms with Gasteiger partial charge in [-0.2, -0.15) is 5.26 Å². The molecule has 0 atom stereocenters. The number of carbonyl (C=O) groups excluding carboxylic acids is 1. The second-order valence-corrected chi connectivity index (χ2v) is 8.38. The normalized spacial score (nSPS) is 16.7. The van der Waals surface area contributed by atoms with Crippen LogP contribution in [-0.2, 0) is 29.0 Å². The second-order valence-electron chi connectivity index (χ2n) is 7.42. The molecule has 0 spiro atoms. The summed E-state index contributed by atoms with van der Waals surface area (Å²) in [6, 6.07) is 5.96. The maximum absolute atomic E-state index is 12.3. The van der Waals surface area contributed by atoms with Crippen LogP contribution < -0.4 is 10.2 Å². The van der Waals surface area contributed by atoms with Gasteiger partial charge in [-0.1, -0.05) is 11.8 Å². The zero-order chi connectivity index (χ0) is 20.9. The molecule has 1 N–H and O–H groups in total. The van der Waals surface area contributed by atoms with Crippen molar-refractivity contribution in [3.05, 3.63) is 40.8 Å². The number of aromatic nitrogens is 1. The summed E-state index contributed by atoms with van der Waals surface area (Å²) in [6.07, 6.45) is 2.39. The number of hydrogen-bond acceptors (Lipinski definition) is 8. The van der Waals surface area contributed by atoms with Gasteiger partial charge in [0.15, 0.2) is 0 Å². The minimum atomic E-state index is -0.118. The van der Waals surface area contributed by atoms with Gasteiger partial charge in [0.2, 0.25) is 5.91 Å². The van der Waals surface area contributed by atoms with Gasteiger partial charge in [0.1, 0.15) is 22.7 Å². The number of rotatable bonds is 6. The van der Waals surface area contributed by atoms with E-state index in [0.717, 1.165) is 49.5 Å². The molecule has 2 aliphatic rings. The molecule has 1 fully saturated rings. The van der Waals surface area contributed by atoms with E-state index in [1.807, 2.05) is 6.07 Å². The van der Waals surface area contributed by atoms with Crippen LogP contribution in [0.15, 0.2) is 27.8 Å². The molecule has 2 aromatic heterocycles. The van der Waals surface area contributed by atoms with E-state index in [-0.39, 0.29) is 11.7 Å². The number of ether oxygens (including phenoxy) is 1. The monoisotopic (exact) mass is 427 g/mol. The van der Waals surface area contributed by atoms with Gasteiger partial charge in [0.05, 0.1) is 37.3 Å². The van der Waals surface area contributed by atoms with Gasteiger partial charge in [-0.05, 0) is 31.2 Å². The summed E-state index contributed by atoms with van der Waals surface area (Å²) in [4.78, 5) is 21.7. The SMILES string of the molecule is CN1CCc2c(C#N)c(SCC(=O)NCc3ccco3)nc(N3CCOCC3)c2C1. The minimum Gasteiger partial charge on any atom is -0.467 e. The van der Waals surface area contributed by atoms with Crippen LogP contribution in [0.2, 0.25) is 0 Å². The molecule has 158 valence electrons. The van der Waals surface area contributed by atoms with Crippen molar-refractivity contribution in [2.24, 2.45) is 0 Å². The fraction of sp³-hybridized carbons (Fsp3) is 0.476. The summed E-state index contributed by atoms with van der Waals surface area (Å²) in [5, 5.41) is 13.3. The first kappa shape index (κ1) is 20.7. The predicted octanol–water partition coefficient (Wildman–Crippen LogP) is 1.78. The van der Waals surface area contributed by atoms with Crippen LogP contribution in [0.1, 0.15) is 22.5 Å². The number of nitriles is 1. The molecule has 0 aromatic carbocycles. The van der Waals surface area contributed by atoms with Crippen LogP contribution in [0.25, 0.3) is 0 Å². The van der Waals surface area contributed by atoms with Crippen LogP contribution in [0.5, 0.6) is 0 Å². The first-order valence-corrected chi connectivity index (χ1v) is 11.0. The number of furan rings is 1. The summed E-state index contributed by atoms with van der Waals surface area (Å²) >= 11 is 1.32. The first-order chi connectivity index (χ1) is 14.7. The van der Waals surface area contributed by atoms with Crippen molar-refractivity contribution in [1.29, 1.82) is 5.26 Å². The number of pyridine rings is 1. The standard InChI is InChI=1S/C21H25N5O3S/c1-25-5-4-16-17(11-22)21(30-14-19(27)23-12-15-3-2-8-29-15)24-20(18(16)13-25)26-6-9-28-10-7-26/h2-3,8H,4-7,9-10,12-14H2,1H3,(H,23,27). The molecule has 0 aliphatic carbocycles. The fourth-order valence-electron chi connectivity index (χ4n) is 3.77. The van der Waals surface area contributed by atoms with Crippen molar-refractivity contribution < 1.29 is 13.9 Å². The van der Waals surface area contributed by atoms with E-state index < -0.39 is 0 Å². The molecule has 2 aromatic rings. The lowest BCUT2D eigenvalue weighted by Gasteiger charge is -2.34. The molecule has 4 rings (SSSR count). The molecular formula is C21H25N5O3S. The summed E-state index contributed by atoms with van der Waals surface area (Å²) in [5.74, 6) is 1.71. The largest absolute Gasteiger partial charge is 0.467 e. The Hall–Kier alpha value is -2.54. The zero-order valence-electron chi connectivity index (χ0n) is 17.0. The Bertz CT molecular complexity index is 935. The van der Waals surface area contributed by atoms with Gasteiger partial charge in [-0.15, -0.1) is 0 Å². The molecule has 1 amide bonds. The molecule has 9 heteroatoms. The average molecular weight is 428 g/mol. The quantitative estimate of drug-likeness (QED) is 0.697. The van der Waals surface area contributed by atoms with E-state index in [2.05, 4.69) is 28.2 Å². The molecule has 30 heavy (non-hydrogen) atoms. The van der Waals surface area contributed by atoms with Crippen molar-refractivity contribution in [1.82, 2.24) is 15.2 Å². The topological polar surface area (TPSA) is 94.6 Å². The number of nitrogens with one attached hydrogen (secondary N) is 1. The lowest BCUT2D eigenvalue weighted by atomic mass is 9.96. The van der Waals surface area contributed by atoms with Crippen LogP contribution in [-0.4, -0.2) is 61.4 Å². The number of fused-ring (bicyclic) bond motifs is 1. The molecule has 2 aliphatic heterocycles. The third-order valence-corrected chi connectivity index (χ3v) is 6.31. The summed E-state index contributed by atoms with van der Waals surface area (Å²) in [5.41, 5.74) is 2.82. The second kappa shape index (κ2) is 9.51. The molecule has 0 bridgehead atoms. The highest BCUT2D eigenvalue weighted by Gasteiger charge is 2.27. The molecular weight excluding hydrogens is 402 g/mol. The van der Waals surface area contributed by atoms with Gasteiger partial charge in [0, 0.05) is 31.7 Å². The van der Waals surface area contributed by atoms with Crippen LogP contribution >= 0.6 is 11.8 Å². The molecule has 0 unspecified atom stereocenters. The van der Waals surface area contributed by atoms with Crippen LogP contribution in [0, 0.1) is 11.3 Å². The Labute approximate surface area is 180 Å². The maximum Gasteiger partial charge on any atom is 0.230 e. The fourth-order valence-corrected chi connectivity index (χ4v) is 4.60. The molecule has 0 radical (unpaired) electrons. The summed E-state index contributed by atoms with van der Waals surface area (Å²) < 4.78 is 10.7. The van der Waals surface area contributed by atoms with Gasteiger partial charge in [-0.3, -0.25) is 4.79 Å². The number of nitrogens with zero attached hydrogens (tertiary/aromatic N) is 4. The zero-order valence-corrected chi connectivity index (χ0v) is 17.8. The number of morpholine rings is 1. The number of likely N-dealkylation sites (N-methyl/N-ethyl adjacent to an activating group) is 1. The molecule has 4 heterocycles. The van der Waals surface area contributed by atoms with Gasteiger partial charge >= 0.3 is 0 Å². The van der Waals surface area contributed by atoms with E-state index in [4.69, 9.17) is 14.1 Å². The smallest absolute Gasteiger partial charge is 0.230 e. The van der Waals surface area contributed by atoms with Crippen molar-refractivity contribution in [3.8, 4) is 6.07 Å². The van der Waals surface area contributed by atoms with E-state index in [0.29, 0.717) is 36.1 Å². The molecule has 0 saturated carbocycles. The highest BCUT2D eigenvalue weighted by Crippen LogP contribution is 2.35. The van der Waals surface area contributed by atoms with Gasteiger partial charge < -0.3 is 24.3 Å². The third-order valence-electron chi connectivity index (χ3n) is 5.33. The predicted molar refractivity (Wildman–Crippen MR) is 113 cm³/mol. The number of carbonyl (C=O) groups is 1. The average Bonchev–Trinajstić information content (AvgIpc) is 3.29. The van der Waals surface area contributed by atoms with Crippen molar-refractivity contribution in [3.63, 3.8) is 0 Å². The van der Waals surface area contributed by atoms with Crippen LogP contribution in [0.3, 0.4) is 0 Å². The van der Waals surface area contributed by atoms with Crippen molar-refractivity contribution in [2.45, 2.75) is 24.5 Å². The van der Waals surface area contributed by atoms with Crippen LogP contribution in [0.4, 0.5) is 5.82 Å². The van der Waals surface area contributed by atoms with Gasteiger partial charge in [-0.25, -0.2) is 4.98 Å². The van der Waals surface area contributed by atoms with Crippen molar-refractivity contribution in [2.75, 3.05) is 50.5 Å². The first-order valence-electron chi connectivity index (χ1n) is 10.0. The van der Waals surface area contributed by atoms with E-state index in [1.54, 1.807) is 12.3 Å². The number of thioether (sulfide) groups is 1. The molecule has 1 saturated heterocycles. The highest BCUT2D eigenvalue weighted by molar-refractivity contribution is 8.00. The number of amides is 1. The third kappa shape index (κ3) is 4.61.